The average Bonchev–Trinajstić information content (AvgIpc) is 2.45. The lowest BCUT2D eigenvalue weighted by molar-refractivity contribution is 0.379. The molecule has 114 valence electrons. The summed E-state index contributed by atoms with van der Waals surface area (Å²) in [5.41, 5.74) is 1.36. The van der Waals surface area contributed by atoms with Crippen LogP contribution in [0.15, 0.2) is 24.3 Å². The molecule has 1 rings (SSSR count). The second kappa shape index (κ2) is 9.82. The van der Waals surface area contributed by atoms with Gasteiger partial charge >= 0.3 is 0 Å². The monoisotopic (exact) mass is 277 g/mol. The third-order valence-corrected chi connectivity index (χ3v) is 3.77. The molecule has 0 saturated heterocycles. The van der Waals surface area contributed by atoms with E-state index in [-0.39, 0.29) is 0 Å². The Bertz CT molecular complexity index is 364. The summed E-state index contributed by atoms with van der Waals surface area (Å²) in [4.78, 5) is 0. The van der Waals surface area contributed by atoms with Crippen LogP contribution in [0.4, 0.5) is 0 Å². The van der Waals surface area contributed by atoms with Crippen LogP contribution in [0.5, 0.6) is 5.75 Å². The first-order valence-corrected chi connectivity index (χ1v) is 8.05. The van der Waals surface area contributed by atoms with Crippen molar-refractivity contribution in [2.75, 3.05) is 13.7 Å². The maximum absolute atomic E-state index is 5.32. The molecule has 1 aromatic carbocycles. The highest BCUT2D eigenvalue weighted by molar-refractivity contribution is 5.28. The Hall–Kier alpha value is -1.02. The molecule has 0 radical (unpaired) electrons. The lowest BCUT2D eigenvalue weighted by Crippen LogP contribution is -2.33. The van der Waals surface area contributed by atoms with E-state index in [1.54, 1.807) is 7.11 Å². The highest BCUT2D eigenvalue weighted by atomic mass is 16.5. The van der Waals surface area contributed by atoms with E-state index in [1.807, 2.05) is 6.07 Å². The summed E-state index contributed by atoms with van der Waals surface area (Å²) in [6, 6.07) is 9.03. The van der Waals surface area contributed by atoms with Gasteiger partial charge in [0.2, 0.25) is 0 Å². The minimum atomic E-state index is 0.573. The van der Waals surface area contributed by atoms with E-state index in [9.17, 15) is 0 Å². The fourth-order valence-electron chi connectivity index (χ4n) is 2.77. The summed E-state index contributed by atoms with van der Waals surface area (Å²) in [5.74, 6) is 1.75. The van der Waals surface area contributed by atoms with Gasteiger partial charge in [-0.05, 0) is 49.4 Å². The molecule has 2 atom stereocenters. The lowest BCUT2D eigenvalue weighted by atomic mass is 9.93. The summed E-state index contributed by atoms with van der Waals surface area (Å²) < 4.78 is 5.32. The van der Waals surface area contributed by atoms with E-state index in [2.05, 4.69) is 44.3 Å². The highest BCUT2D eigenvalue weighted by Crippen LogP contribution is 2.18. The smallest absolute Gasteiger partial charge is 0.119 e. The number of hydrogen-bond donors (Lipinski definition) is 1. The van der Waals surface area contributed by atoms with Gasteiger partial charge in [0, 0.05) is 6.04 Å². The van der Waals surface area contributed by atoms with Crippen LogP contribution in [0.1, 0.15) is 52.0 Å². The Labute approximate surface area is 124 Å². The van der Waals surface area contributed by atoms with Crippen molar-refractivity contribution in [3.63, 3.8) is 0 Å². The molecule has 0 aliphatic heterocycles. The van der Waals surface area contributed by atoms with Crippen molar-refractivity contribution in [2.24, 2.45) is 5.92 Å². The fraction of sp³-hybridized carbons (Fsp3) is 0.667. The predicted molar refractivity (Wildman–Crippen MR) is 87.5 cm³/mol. The molecule has 0 fully saturated rings. The first kappa shape index (κ1) is 17.0. The molecule has 0 saturated carbocycles. The molecule has 0 amide bonds. The van der Waals surface area contributed by atoms with Crippen LogP contribution in [-0.2, 0) is 6.42 Å². The van der Waals surface area contributed by atoms with E-state index < -0.39 is 0 Å². The molecule has 2 heteroatoms. The van der Waals surface area contributed by atoms with Gasteiger partial charge in [-0.1, -0.05) is 45.7 Å². The highest BCUT2D eigenvalue weighted by Gasteiger charge is 2.13. The molecule has 0 aromatic heterocycles. The van der Waals surface area contributed by atoms with Crippen molar-refractivity contribution >= 4 is 0 Å². The fourth-order valence-corrected chi connectivity index (χ4v) is 2.77. The largest absolute Gasteiger partial charge is 0.497 e. The quantitative estimate of drug-likeness (QED) is 0.683. The summed E-state index contributed by atoms with van der Waals surface area (Å²) in [5, 5.41) is 3.70. The Morgan fingerprint density at radius 1 is 1.20 bits per heavy atom. The topological polar surface area (TPSA) is 21.3 Å². The Morgan fingerprint density at radius 3 is 2.65 bits per heavy atom. The molecule has 0 spiro atoms. The maximum Gasteiger partial charge on any atom is 0.119 e. The van der Waals surface area contributed by atoms with Crippen LogP contribution >= 0.6 is 0 Å². The van der Waals surface area contributed by atoms with E-state index in [4.69, 9.17) is 4.74 Å². The molecule has 1 aromatic rings. The Kier molecular flexibility index (Phi) is 8.36. The number of methoxy groups -OCH3 is 1. The predicted octanol–water partition coefficient (Wildman–Crippen LogP) is 4.43. The molecule has 0 bridgehead atoms. The van der Waals surface area contributed by atoms with Gasteiger partial charge in [0.15, 0.2) is 0 Å². The minimum absolute atomic E-state index is 0.573. The molecular formula is C18H31NO. The van der Waals surface area contributed by atoms with Crippen LogP contribution in [0.3, 0.4) is 0 Å². The standard InChI is InChI=1S/C18H31NO/c1-5-8-15(3)12-17(19-11-6-2)13-16-9-7-10-18(14-16)20-4/h7,9-10,14-15,17,19H,5-6,8,11-13H2,1-4H3. The van der Waals surface area contributed by atoms with Gasteiger partial charge in [0.05, 0.1) is 7.11 Å². The van der Waals surface area contributed by atoms with Crippen LogP contribution in [0, 0.1) is 5.92 Å². The van der Waals surface area contributed by atoms with E-state index in [1.165, 1.54) is 31.2 Å². The molecule has 0 heterocycles. The van der Waals surface area contributed by atoms with Crippen molar-refractivity contribution in [3.8, 4) is 5.75 Å². The van der Waals surface area contributed by atoms with Crippen LogP contribution in [0.2, 0.25) is 0 Å². The maximum atomic E-state index is 5.32. The zero-order valence-corrected chi connectivity index (χ0v) is 13.6. The number of rotatable bonds is 10. The second-order valence-electron chi connectivity index (χ2n) is 5.84. The van der Waals surface area contributed by atoms with Gasteiger partial charge in [-0.25, -0.2) is 0 Å². The minimum Gasteiger partial charge on any atom is -0.497 e. The van der Waals surface area contributed by atoms with Gasteiger partial charge in [0.25, 0.3) is 0 Å². The van der Waals surface area contributed by atoms with Gasteiger partial charge in [-0.2, -0.15) is 0 Å². The Morgan fingerprint density at radius 2 is 2.00 bits per heavy atom. The van der Waals surface area contributed by atoms with E-state index >= 15 is 0 Å². The molecule has 0 aliphatic carbocycles. The van der Waals surface area contributed by atoms with Crippen molar-refractivity contribution in [1.82, 2.24) is 5.32 Å². The third kappa shape index (κ3) is 6.42. The zero-order valence-electron chi connectivity index (χ0n) is 13.6. The molecule has 2 nitrogen and oxygen atoms in total. The molecule has 2 unspecified atom stereocenters. The average molecular weight is 277 g/mol. The molecular weight excluding hydrogens is 246 g/mol. The Balaban J connectivity index is 2.62. The van der Waals surface area contributed by atoms with Crippen LogP contribution < -0.4 is 10.1 Å². The van der Waals surface area contributed by atoms with E-state index in [0.717, 1.165) is 24.6 Å². The van der Waals surface area contributed by atoms with E-state index in [0.29, 0.717) is 6.04 Å². The van der Waals surface area contributed by atoms with Gasteiger partial charge in [0.1, 0.15) is 5.75 Å². The summed E-state index contributed by atoms with van der Waals surface area (Å²) in [6.45, 7) is 7.97. The van der Waals surface area contributed by atoms with Crippen LogP contribution in [0.25, 0.3) is 0 Å². The molecule has 0 aliphatic rings. The number of hydrogen-bond acceptors (Lipinski definition) is 2. The lowest BCUT2D eigenvalue weighted by Gasteiger charge is -2.22. The number of benzene rings is 1. The van der Waals surface area contributed by atoms with Crippen molar-refractivity contribution in [2.45, 2.75) is 58.9 Å². The summed E-state index contributed by atoms with van der Waals surface area (Å²) >= 11 is 0. The second-order valence-corrected chi connectivity index (χ2v) is 5.84. The summed E-state index contributed by atoms with van der Waals surface area (Å²) in [7, 11) is 1.73. The number of nitrogens with one attached hydrogen (secondary N) is 1. The zero-order chi connectivity index (χ0) is 14.8. The van der Waals surface area contributed by atoms with Crippen molar-refractivity contribution in [1.29, 1.82) is 0 Å². The first-order valence-electron chi connectivity index (χ1n) is 8.05. The van der Waals surface area contributed by atoms with Gasteiger partial charge in [-0.3, -0.25) is 0 Å². The number of ether oxygens (including phenoxy) is 1. The summed E-state index contributed by atoms with van der Waals surface area (Å²) in [6.07, 6.45) is 6.14. The van der Waals surface area contributed by atoms with Gasteiger partial charge < -0.3 is 10.1 Å². The molecule has 1 N–H and O–H groups in total. The van der Waals surface area contributed by atoms with Crippen LogP contribution in [-0.4, -0.2) is 19.7 Å². The molecule has 20 heavy (non-hydrogen) atoms. The van der Waals surface area contributed by atoms with Crippen molar-refractivity contribution < 1.29 is 4.74 Å². The first-order chi connectivity index (χ1) is 9.69. The SMILES string of the molecule is CCCNC(Cc1cccc(OC)c1)CC(C)CCC. The normalized spacial score (nSPS) is 14.0. The van der Waals surface area contributed by atoms with Gasteiger partial charge in [-0.15, -0.1) is 0 Å². The third-order valence-electron chi connectivity index (χ3n) is 3.77. The van der Waals surface area contributed by atoms with Crippen molar-refractivity contribution in [3.05, 3.63) is 29.8 Å².